The molecule has 102 valence electrons. The second-order valence-corrected chi connectivity index (χ2v) is 7.34. The molecule has 1 amide bonds. The summed E-state index contributed by atoms with van der Waals surface area (Å²) in [6, 6.07) is -0.222. The second kappa shape index (κ2) is 6.35. The minimum atomic E-state index is -3.01. The van der Waals surface area contributed by atoms with Gasteiger partial charge in [0.25, 0.3) is 0 Å². The quantitative estimate of drug-likeness (QED) is 0.694. The Bertz CT molecular complexity index is 350. The van der Waals surface area contributed by atoms with Gasteiger partial charge in [0.05, 0.1) is 12.3 Å². The van der Waals surface area contributed by atoms with Gasteiger partial charge < -0.3 is 10.6 Å². The van der Waals surface area contributed by atoms with Crippen molar-refractivity contribution in [2.45, 2.75) is 45.7 Å². The highest BCUT2D eigenvalue weighted by atomic mass is 32.2. The summed E-state index contributed by atoms with van der Waals surface area (Å²) in [7, 11) is -3.01. The normalized spacial score (nSPS) is 14.4. The van der Waals surface area contributed by atoms with E-state index in [0.29, 0.717) is 0 Å². The van der Waals surface area contributed by atoms with E-state index in [1.807, 2.05) is 20.8 Å². The third kappa shape index (κ3) is 9.12. The van der Waals surface area contributed by atoms with E-state index in [1.54, 1.807) is 6.92 Å². The standard InChI is InChI=1S/C11H24N2O3S/c1-6-11(3,4)13-10(14)7-12-9(2)8-17(5,15)16/h9,12H,6-8H2,1-5H3,(H,13,14). The van der Waals surface area contributed by atoms with Crippen LogP contribution in [0.1, 0.15) is 34.1 Å². The maximum absolute atomic E-state index is 11.6. The average molecular weight is 264 g/mol. The molecule has 1 unspecified atom stereocenters. The molecule has 0 saturated heterocycles. The fourth-order valence-corrected chi connectivity index (χ4v) is 2.32. The SMILES string of the molecule is CCC(C)(C)NC(=O)CNC(C)CS(C)(=O)=O. The molecule has 0 spiro atoms. The topological polar surface area (TPSA) is 75.3 Å². The molecule has 0 aliphatic rings. The first-order valence-electron chi connectivity index (χ1n) is 5.78. The van der Waals surface area contributed by atoms with Crippen LogP contribution >= 0.6 is 0 Å². The van der Waals surface area contributed by atoms with Gasteiger partial charge >= 0.3 is 0 Å². The van der Waals surface area contributed by atoms with Crippen LogP contribution in [0.4, 0.5) is 0 Å². The number of hydrogen-bond donors (Lipinski definition) is 2. The van der Waals surface area contributed by atoms with E-state index in [9.17, 15) is 13.2 Å². The highest BCUT2D eigenvalue weighted by molar-refractivity contribution is 7.90. The van der Waals surface area contributed by atoms with Gasteiger partial charge in [-0.15, -0.1) is 0 Å². The van der Waals surface area contributed by atoms with Crippen molar-refractivity contribution in [3.8, 4) is 0 Å². The number of hydrogen-bond acceptors (Lipinski definition) is 4. The second-order valence-electron chi connectivity index (χ2n) is 5.16. The average Bonchev–Trinajstić information content (AvgIpc) is 2.11. The lowest BCUT2D eigenvalue weighted by Crippen LogP contribution is -2.48. The van der Waals surface area contributed by atoms with Gasteiger partial charge in [-0.2, -0.15) is 0 Å². The van der Waals surface area contributed by atoms with Crippen LogP contribution in [0, 0.1) is 0 Å². The van der Waals surface area contributed by atoms with Crippen molar-refractivity contribution in [1.29, 1.82) is 0 Å². The zero-order valence-corrected chi connectivity index (χ0v) is 12.1. The number of rotatable bonds is 7. The van der Waals surface area contributed by atoms with Crippen molar-refractivity contribution >= 4 is 15.7 Å². The monoisotopic (exact) mass is 264 g/mol. The number of amides is 1. The molecule has 0 rings (SSSR count). The molecule has 0 fully saturated rings. The molecule has 0 bridgehead atoms. The Kier molecular flexibility index (Phi) is 6.12. The van der Waals surface area contributed by atoms with Gasteiger partial charge in [-0.05, 0) is 27.2 Å². The van der Waals surface area contributed by atoms with Crippen molar-refractivity contribution in [2.24, 2.45) is 0 Å². The van der Waals surface area contributed by atoms with Crippen LogP contribution in [0.15, 0.2) is 0 Å². The van der Waals surface area contributed by atoms with Crippen LogP contribution in [-0.2, 0) is 14.6 Å². The molecule has 0 aliphatic heterocycles. The minimum absolute atomic E-state index is 0.0391. The molecule has 0 aromatic heterocycles. The fourth-order valence-electron chi connectivity index (χ4n) is 1.29. The van der Waals surface area contributed by atoms with Crippen LogP contribution in [-0.4, -0.2) is 44.5 Å². The van der Waals surface area contributed by atoms with Crippen LogP contribution in [0.3, 0.4) is 0 Å². The Morgan fingerprint density at radius 1 is 1.35 bits per heavy atom. The smallest absolute Gasteiger partial charge is 0.234 e. The summed E-state index contributed by atoms with van der Waals surface area (Å²) in [6.45, 7) is 7.79. The highest BCUT2D eigenvalue weighted by Crippen LogP contribution is 2.05. The molecule has 6 heteroatoms. The summed E-state index contributed by atoms with van der Waals surface area (Å²) in [6.07, 6.45) is 2.03. The van der Waals surface area contributed by atoms with Crippen molar-refractivity contribution in [3.63, 3.8) is 0 Å². The van der Waals surface area contributed by atoms with Crippen molar-refractivity contribution in [2.75, 3.05) is 18.6 Å². The molecular formula is C11H24N2O3S. The summed E-state index contributed by atoms with van der Waals surface area (Å²) in [4.78, 5) is 11.6. The van der Waals surface area contributed by atoms with Gasteiger partial charge in [0, 0.05) is 17.8 Å². The van der Waals surface area contributed by atoms with Gasteiger partial charge in [0.1, 0.15) is 9.84 Å². The number of sulfone groups is 1. The first kappa shape index (κ1) is 16.4. The predicted molar refractivity (Wildman–Crippen MR) is 69.7 cm³/mol. The fraction of sp³-hybridized carbons (Fsp3) is 0.909. The maximum Gasteiger partial charge on any atom is 0.234 e. The Balaban J connectivity index is 4.01. The highest BCUT2D eigenvalue weighted by Gasteiger charge is 2.18. The van der Waals surface area contributed by atoms with Crippen LogP contribution in [0.2, 0.25) is 0 Å². The molecule has 0 aromatic carbocycles. The van der Waals surface area contributed by atoms with Gasteiger partial charge in [-0.3, -0.25) is 4.79 Å². The van der Waals surface area contributed by atoms with E-state index < -0.39 is 9.84 Å². The van der Waals surface area contributed by atoms with E-state index in [2.05, 4.69) is 10.6 Å². The third-order valence-electron chi connectivity index (χ3n) is 2.53. The Morgan fingerprint density at radius 2 is 1.88 bits per heavy atom. The largest absolute Gasteiger partial charge is 0.350 e. The zero-order chi connectivity index (χ0) is 13.7. The van der Waals surface area contributed by atoms with Crippen LogP contribution in [0.5, 0.6) is 0 Å². The molecule has 0 heterocycles. The van der Waals surface area contributed by atoms with Crippen molar-refractivity contribution in [1.82, 2.24) is 10.6 Å². The first-order valence-corrected chi connectivity index (χ1v) is 7.84. The van der Waals surface area contributed by atoms with Gasteiger partial charge in [0.2, 0.25) is 5.91 Å². The molecule has 0 aliphatic carbocycles. The lowest BCUT2D eigenvalue weighted by Gasteiger charge is -2.25. The zero-order valence-electron chi connectivity index (χ0n) is 11.3. The minimum Gasteiger partial charge on any atom is -0.350 e. The number of carbonyl (C=O) groups excluding carboxylic acids is 1. The van der Waals surface area contributed by atoms with Crippen molar-refractivity contribution in [3.05, 3.63) is 0 Å². The summed E-state index contributed by atoms with van der Waals surface area (Å²) in [5.74, 6) is -0.0746. The summed E-state index contributed by atoms with van der Waals surface area (Å²) in [5, 5.41) is 5.77. The van der Waals surface area contributed by atoms with Gasteiger partial charge in [0.15, 0.2) is 0 Å². The Morgan fingerprint density at radius 3 is 2.29 bits per heavy atom. The van der Waals surface area contributed by atoms with E-state index in [0.717, 1.165) is 6.42 Å². The molecule has 0 radical (unpaired) electrons. The maximum atomic E-state index is 11.6. The molecule has 5 nitrogen and oxygen atoms in total. The van der Waals surface area contributed by atoms with Gasteiger partial charge in [-0.25, -0.2) is 8.42 Å². The summed E-state index contributed by atoms with van der Waals surface area (Å²) >= 11 is 0. The lowest BCUT2D eigenvalue weighted by atomic mass is 10.0. The van der Waals surface area contributed by atoms with E-state index in [1.165, 1.54) is 6.26 Å². The third-order valence-corrected chi connectivity index (χ3v) is 3.63. The van der Waals surface area contributed by atoms with E-state index >= 15 is 0 Å². The van der Waals surface area contributed by atoms with Gasteiger partial charge in [-0.1, -0.05) is 6.92 Å². The Hall–Kier alpha value is -0.620. The molecule has 17 heavy (non-hydrogen) atoms. The Labute approximate surface area is 104 Å². The van der Waals surface area contributed by atoms with Crippen LogP contribution < -0.4 is 10.6 Å². The molecule has 1 atom stereocenters. The first-order chi connectivity index (χ1) is 7.56. The summed E-state index contributed by atoms with van der Waals surface area (Å²) in [5.41, 5.74) is -0.223. The lowest BCUT2D eigenvalue weighted by molar-refractivity contribution is -0.121. The molecular weight excluding hydrogens is 240 g/mol. The van der Waals surface area contributed by atoms with Crippen molar-refractivity contribution < 1.29 is 13.2 Å². The van der Waals surface area contributed by atoms with E-state index in [4.69, 9.17) is 0 Å². The number of nitrogens with one attached hydrogen (secondary N) is 2. The molecule has 2 N–H and O–H groups in total. The number of carbonyl (C=O) groups is 1. The molecule has 0 saturated carbocycles. The molecule has 0 aromatic rings. The predicted octanol–water partition coefficient (Wildman–Crippen LogP) is 0.314. The van der Waals surface area contributed by atoms with E-state index in [-0.39, 0.29) is 29.8 Å². The van der Waals surface area contributed by atoms with Crippen LogP contribution in [0.25, 0.3) is 0 Å². The summed E-state index contributed by atoms with van der Waals surface area (Å²) < 4.78 is 22.0.